The molecule has 19 heavy (non-hydrogen) atoms. The van der Waals surface area contributed by atoms with Crippen molar-refractivity contribution in [2.75, 3.05) is 7.11 Å². The van der Waals surface area contributed by atoms with Gasteiger partial charge in [-0.1, -0.05) is 0 Å². The Morgan fingerprint density at radius 1 is 1.53 bits per heavy atom. The summed E-state index contributed by atoms with van der Waals surface area (Å²) in [5.74, 6) is 0.902. The fourth-order valence-electron chi connectivity index (χ4n) is 2.76. The molecular formula is C14H16N2O3. The highest BCUT2D eigenvalue weighted by molar-refractivity contribution is 5.82. The van der Waals surface area contributed by atoms with Crippen molar-refractivity contribution in [3.63, 3.8) is 0 Å². The van der Waals surface area contributed by atoms with E-state index >= 15 is 0 Å². The van der Waals surface area contributed by atoms with Crippen molar-refractivity contribution in [1.82, 2.24) is 9.55 Å². The van der Waals surface area contributed by atoms with E-state index in [1.165, 1.54) is 5.56 Å². The number of benzene rings is 1. The van der Waals surface area contributed by atoms with Gasteiger partial charge in [-0.05, 0) is 24.5 Å². The Kier molecular flexibility index (Phi) is 2.89. The third-order valence-corrected chi connectivity index (χ3v) is 3.60. The van der Waals surface area contributed by atoms with E-state index in [1.54, 1.807) is 7.11 Å². The van der Waals surface area contributed by atoms with Crippen molar-refractivity contribution < 1.29 is 14.6 Å². The van der Waals surface area contributed by atoms with E-state index in [-0.39, 0.29) is 6.42 Å². The first kappa shape index (κ1) is 12.0. The predicted octanol–water partition coefficient (Wildman–Crippen LogP) is 2.01. The number of carbonyl (C=O) groups is 1. The Bertz CT molecular complexity index is 646. The van der Waals surface area contributed by atoms with Crippen molar-refractivity contribution in [3.05, 3.63) is 23.5 Å². The number of hydrogen-bond donors (Lipinski definition) is 1. The number of hydrogen-bond acceptors (Lipinski definition) is 3. The number of aromatic nitrogens is 2. The molecule has 0 spiro atoms. The molecule has 0 radical (unpaired) electrons. The molecule has 1 aliphatic rings. The Morgan fingerprint density at radius 2 is 2.37 bits per heavy atom. The third-order valence-electron chi connectivity index (χ3n) is 3.60. The number of ether oxygens (including phenoxy) is 1. The number of carboxylic acids is 1. The quantitative estimate of drug-likeness (QED) is 0.913. The van der Waals surface area contributed by atoms with E-state index in [2.05, 4.69) is 15.6 Å². The molecule has 5 heteroatoms. The van der Waals surface area contributed by atoms with Crippen LogP contribution in [0.3, 0.4) is 0 Å². The topological polar surface area (TPSA) is 64.3 Å². The highest BCUT2D eigenvalue weighted by Gasteiger charge is 2.19. The lowest BCUT2D eigenvalue weighted by Crippen LogP contribution is -2.11. The molecule has 1 aromatic carbocycles. The zero-order valence-corrected chi connectivity index (χ0v) is 10.8. The van der Waals surface area contributed by atoms with E-state index in [4.69, 9.17) is 9.84 Å². The second-order valence-corrected chi connectivity index (χ2v) is 4.83. The van der Waals surface area contributed by atoms with Gasteiger partial charge in [0.2, 0.25) is 0 Å². The Hall–Kier alpha value is -2.04. The average Bonchev–Trinajstić information content (AvgIpc) is 2.76. The summed E-state index contributed by atoms with van der Waals surface area (Å²) in [6.45, 7) is 0.921. The molecule has 3 rings (SSSR count). The van der Waals surface area contributed by atoms with Gasteiger partial charge in [-0.25, -0.2) is 4.98 Å². The maximum Gasteiger partial charge on any atom is 0.303 e. The highest BCUT2D eigenvalue weighted by atomic mass is 16.5. The number of nitrogens with zero attached hydrogens (tertiary/aromatic N) is 2. The molecule has 0 unspecified atom stereocenters. The molecular weight excluding hydrogens is 244 g/mol. The van der Waals surface area contributed by atoms with E-state index in [0.717, 1.165) is 42.0 Å². The zero-order chi connectivity index (χ0) is 13.4. The summed E-state index contributed by atoms with van der Waals surface area (Å²) >= 11 is 0. The number of carboxylic acid groups (broad SMARTS) is 1. The van der Waals surface area contributed by atoms with Crippen LogP contribution in [-0.4, -0.2) is 27.7 Å². The minimum absolute atomic E-state index is 0.121. The van der Waals surface area contributed by atoms with Gasteiger partial charge >= 0.3 is 5.97 Å². The van der Waals surface area contributed by atoms with E-state index in [9.17, 15) is 4.79 Å². The van der Waals surface area contributed by atoms with Gasteiger partial charge in [-0.15, -0.1) is 0 Å². The summed E-state index contributed by atoms with van der Waals surface area (Å²) in [6, 6.07) is 3.98. The first-order valence-electron chi connectivity index (χ1n) is 6.47. The van der Waals surface area contributed by atoms with Crippen LogP contribution in [-0.2, 0) is 24.2 Å². The van der Waals surface area contributed by atoms with Crippen molar-refractivity contribution in [1.29, 1.82) is 0 Å². The van der Waals surface area contributed by atoms with Crippen LogP contribution in [0.15, 0.2) is 12.1 Å². The zero-order valence-electron chi connectivity index (χ0n) is 10.8. The lowest BCUT2D eigenvalue weighted by Gasteiger charge is -2.17. The largest absolute Gasteiger partial charge is 0.497 e. The molecule has 1 aliphatic heterocycles. The van der Waals surface area contributed by atoms with Crippen LogP contribution >= 0.6 is 0 Å². The SMILES string of the molecule is COc1cc2c3c(c1)nc(CCC(=O)O)n3CCC2. The van der Waals surface area contributed by atoms with Crippen LogP contribution in [0.25, 0.3) is 11.0 Å². The first-order valence-corrected chi connectivity index (χ1v) is 6.47. The van der Waals surface area contributed by atoms with Gasteiger partial charge in [-0.3, -0.25) is 4.79 Å². The van der Waals surface area contributed by atoms with Gasteiger partial charge in [0.1, 0.15) is 11.6 Å². The number of aliphatic carboxylic acids is 1. The van der Waals surface area contributed by atoms with Crippen molar-refractivity contribution in [2.24, 2.45) is 0 Å². The Balaban J connectivity index is 2.10. The van der Waals surface area contributed by atoms with Crippen LogP contribution in [0.5, 0.6) is 5.75 Å². The molecule has 2 heterocycles. The van der Waals surface area contributed by atoms with Crippen LogP contribution in [0, 0.1) is 0 Å². The smallest absolute Gasteiger partial charge is 0.303 e. The maximum absolute atomic E-state index is 10.7. The van der Waals surface area contributed by atoms with E-state index in [0.29, 0.717) is 6.42 Å². The summed E-state index contributed by atoms with van der Waals surface area (Å²) in [4.78, 5) is 15.3. The number of imidazole rings is 1. The third kappa shape index (κ3) is 2.05. The predicted molar refractivity (Wildman–Crippen MR) is 70.6 cm³/mol. The van der Waals surface area contributed by atoms with E-state index in [1.807, 2.05) is 6.07 Å². The summed E-state index contributed by atoms with van der Waals surface area (Å²) in [7, 11) is 1.65. The van der Waals surface area contributed by atoms with Gasteiger partial charge < -0.3 is 14.4 Å². The van der Waals surface area contributed by atoms with E-state index < -0.39 is 5.97 Å². The Morgan fingerprint density at radius 3 is 3.11 bits per heavy atom. The van der Waals surface area contributed by atoms with Crippen LogP contribution in [0.1, 0.15) is 24.2 Å². The van der Waals surface area contributed by atoms with Gasteiger partial charge in [-0.2, -0.15) is 0 Å². The fourth-order valence-corrected chi connectivity index (χ4v) is 2.76. The van der Waals surface area contributed by atoms with Gasteiger partial charge in [0.25, 0.3) is 0 Å². The number of aryl methyl sites for hydroxylation is 3. The first-order chi connectivity index (χ1) is 9.19. The molecule has 5 nitrogen and oxygen atoms in total. The summed E-state index contributed by atoms with van der Waals surface area (Å²) < 4.78 is 7.46. The standard InChI is InChI=1S/C14H16N2O3/c1-19-10-7-9-3-2-6-16-12(4-5-13(17)18)15-11(8-10)14(9)16/h7-8H,2-6H2,1H3,(H,17,18). The number of rotatable bonds is 4. The lowest BCUT2D eigenvalue weighted by atomic mass is 10.0. The Labute approximate surface area is 110 Å². The fraction of sp³-hybridized carbons (Fsp3) is 0.429. The molecule has 0 saturated heterocycles. The molecule has 1 aromatic heterocycles. The van der Waals surface area contributed by atoms with Crippen molar-refractivity contribution in [3.8, 4) is 5.75 Å². The maximum atomic E-state index is 10.7. The van der Waals surface area contributed by atoms with Gasteiger partial charge in [0.15, 0.2) is 0 Å². The minimum atomic E-state index is -0.784. The van der Waals surface area contributed by atoms with Crippen LogP contribution < -0.4 is 4.74 Å². The highest BCUT2D eigenvalue weighted by Crippen LogP contribution is 2.30. The molecule has 100 valence electrons. The molecule has 0 saturated carbocycles. The molecule has 1 N–H and O–H groups in total. The summed E-state index contributed by atoms with van der Waals surface area (Å²) in [6.07, 6.45) is 2.69. The molecule has 0 amide bonds. The second kappa shape index (κ2) is 4.57. The molecule has 0 fully saturated rings. The molecule has 0 atom stereocenters. The minimum Gasteiger partial charge on any atom is -0.497 e. The lowest BCUT2D eigenvalue weighted by molar-refractivity contribution is -0.137. The summed E-state index contributed by atoms with van der Waals surface area (Å²) in [5.41, 5.74) is 3.30. The van der Waals surface area contributed by atoms with Crippen LogP contribution in [0.4, 0.5) is 0 Å². The van der Waals surface area contributed by atoms with Crippen molar-refractivity contribution in [2.45, 2.75) is 32.2 Å². The second-order valence-electron chi connectivity index (χ2n) is 4.83. The van der Waals surface area contributed by atoms with Gasteiger partial charge in [0.05, 0.1) is 24.6 Å². The van der Waals surface area contributed by atoms with Crippen molar-refractivity contribution >= 4 is 17.0 Å². The normalized spacial score (nSPS) is 13.7. The monoisotopic (exact) mass is 260 g/mol. The van der Waals surface area contributed by atoms with Crippen LogP contribution in [0.2, 0.25) is 0 Å². The van der Waals surface area contributed by atoms with Gasteiger partial charge in [0, 0.05) is 19.0 Å². The number of methoxy groups -OCH3 is 1. The molecule has 2 aromatic rings. The average molecular weight is 260 g/mol. The molecule has 0 aliphatic carbocycles. The molecule has 0 bridgehead atoms. The summed E-state index contributed by atoms with van der Waals surface area (Å²) in [5, 5.41) is 8.81.